The number of aryl methyl sites for hydroxylation is 1. The van der Waals surface area contributed by atoms with Crippen molar-refractivity contribution in [3.05, 3.63) is 35.0 Å². The second-order valence-electron chi connectivity index (χ2n) is 5.03. The number of fused-ring (bicyclic) bond motifs is 3. The molecule has 0 fully saturated rings. The zero-order valence-corrected chi connectivity index (χ0v) is 12.4. The number of aromatic nitrogens is 2. The van der Waals surface area contributed by atoms with Crippen LogP contribution in [0.2, 0.25) is 5.02 Å². The standard InChI is InChI=1S/C16H17ClN2O/c1-3-4-7-20-13-6-5-12(17)14-11-8-10(2)9-18-16(11)19-15(13)14/h5-6,8-9H,3-4,7H2,1-2H3,(H,18,19). The van der Waals surface area contributed by atoms with E-state index in [0.717, 1.165) is 57.7 Å². The molecule has 0 aliphatic carbocycles. The van der Waals surface area contributed by atoms with Crippen LogP contribution in [0, 0.1) is 6.92 Å². The van der Waals surface area contributed by atoms with E-state index >= 15 is 0 Å². The molecule has 0 saturated heterocycles. The number of H-pyrrole nitrogens is 1. The van der Waals surface area contributed by atoms with Crippen LogP contribution in [0.15, 0.2) is 24.4 Å². The lowest BCUT2D eigenvalue weighted by atomic mass is 10.1. The van der Waals surface area contributed by atoms with Gasteiger partial charge in [0, 0.05) is 17.0 Å². The van der Waals surface area contributed by atoms with Crippen LogP contribution < -0.4 is 4.74 Å². The number of pyridine rings is 1. The predicted molar refractivity (Wildman–Crippen MR) is 83.7 cm³/mol. The molecular formula is C16H17ClN2O. The lowest BCUT2D eigenvalue weighted by molar-refractivity contribution is 0.312. The summed E-state index contributed by atoms with van der Waals surface area (Å²) in [6.07, 6.45) is 4.01. The largest absolute Gasteiger partial charge is 0.491 e. The minimum Gasteiger partial charge on any atom is -0.491 e. The summed E-state index contributed by atoms with van der Waals surface area (Å²) in [5, 5.41) is 2.76. The highest BCUT2D eigenvalue weighted by atomic mass is 35.5. The second-order valence-corrected chi connectivity index (χ2v) is 5.44. The molecule has 0 atom stereocenters. The summed E-state index contributed by atoms with van der Waals surface area (Å²) in [6.45, 7) is 4.90. The van der Waals surface area contributed by atoms with Crippen molar-refractivity contribution in [3.63, 3.8) is 0 Å². The van der Waals surface area contributed by atoms with Crippen LogP contribution in [0.4, 0.5) is 0 Å². The van der Waals surface area contributed by atoms with Crippen molar-refractivity contribution in [2.75, 3.05) is 6.61 Å². The third-order valence-corrected chi connectivity index (χ3v) is 3.72. The Kier molecular flexibility index (Phi) is 3.53. The number of rotatable bonds is 4. The maximum absolute atomic E-state index is 6.36. The summed E-state index contributed by atoms with van der Waals surface area (Å²) in [5.74, 6) is 0.841. The van der Waals surface area contributed by atoms with E-state index in [-0.39, 0.29) is 0 Å². The summed E-state index contributed by atoms with van der Waals surface area (Å²) in [6, 6.07) is 5.91. The number of nitrogens with zero attached hydrogens (tertiary/aromatic N) is 1. The highest BCUT2D eigenvalue weighted by Crippen LogP contribution is 2.36. The molecule has 0 spiro atoms. The molecule has 3 aromatic rings. The monoisotopic (exact) mass is 288 g/mol. The van der Waals surface area contributed by atoms with Gasteiger partial charge in [-0.25, -0.2) is 4.98 Å². The van der Waals surface area contributed by atoms with Crippen molar-refractivity contribution in [2.24, 2.45) is 0 Å². The van der Waals surface area contributed by atoms with Crippen LogP contribution in [0.1, 0.15) is 25.3 Å². The van der Waals surface area contributed by atoms with Crippen LogP contribution in [-0.2, 0) is 0 Å². The lowest BCUT2D eigenvalue weighted by Gasteiger charge is -2.07. The molecule has 2 heterocycles. The zero-order chi connectivity index (χ0) is 14.1. The summed E-state index contributed by atoms with van der Waals surface area (Å²) in [7, 11) is 0. The van der Waals surface area contributed by atoms with Gasteiger partial charge in [0.25, 0.3) is 0 Å². The number of halogens is 1. The van der Waals surface area contributed by atoms with E-state index in [2.05, 4.69) is 23.0 Å². The average molecular weight is 289 g/mol. The Morgan fingerprint density at radius 1 is 1.35 bits per heavy atom. The first-order chi connectivity index (χ1) is 9.70. The Balaban J connectivity index is 2.19. The van der Waals surface area contributed by atoms with Crippen LogP contribution in [0.5, 0.6) is 5.75 Å². The van der Waals surface area contributed by atoms with E-state index in [1.54, 1.807) is 0 Å². The quantitative estimate of drug-likeness (QED) is 0.696. The van der Waals surface area contributed by atoms with Gasteiger partial charge in [0.2, 0.25) is 0 Å². The Morgan fingerprint density at radius 2 is 2.20 bits per heavy atom. The number of hydrogen-bond donors (Lipinski definition) is 1. The predicted octanol–water partition coefficient (Wildman–Crippen LogP) is 4.86. The van der Waals surface area contributed by atoms with E-state index < -0.39 is 0 Å². The van der Waals surface area contributed by atoms with Crippen LogP contribution in [-0.4, -0.2) is 16.6 Å². The maximum Gasteiger partial charge on any atom is 0.143 e. The molecule has 3 rings (SSSR count). The van der Waals surface area contributed by atoms with Gasteiger partial charge in [-0.2, -0.15) is 0 Å². The van der Waals surface area contributed by atoms with E-state index in [4.69, 9.17) is 16.3 Å². The van der Waals surface area contributed by atoms with Gasteiger partial charge >= 0.3 is 0 Å². The number of aromatic amines is 1. The molecule has 0 bridgehead atoms. The Morgan fingerprint density at radius 3 is 3.00 bits per heavy atom. The highest BCUT2D eigenvalue weighted by Gasteiger charge is 2.13. The van der Waals surface area contributed by atoms with Crippen molar-refractivity contribution in [2.45, 2.75) is 26.7 Å². The Labute approximate surface area is 122 Å². The number of hydrogen-bond acceptors (Lipinski definition) is 2. The van der Waals surface area contributed by atoms with E-state index in [9.17, 15) is 0 Å². The van der Waals surface area contributed by atoms with Crippen molar-refractivity contribution in [3.8, 4) is 5.75 Å². The Hall–Kier alpha value is -1.74. The third-order valence-electron chi connectivity index (χ3n) is 3.41. The number of nitrogens with one attached hydrogen (secondary N) is 1. The molecule has 4 heteroatoms. The highest BCUT2D eigenvalue weighted by molar-refractivity contribution is 6.38. The average Bonchev–Trinajstić information content (AvgIpc) is 2.81. The van der Waals surface area contributed by atoms with Gasteiger partial charge in [0.15, 0.2) is 0 Å². The second kappa shape index (κ2) is 5.33. The molecule has 1 N–H and O–H groups in total. The molecular weight excluding hydrogens is 272 g/mol. The summed E-state index contributed by atoms with van der Waals surface area (Å²) in [4.78, 5) is 7.75. The van der Waals surface area contributed by atoms with E-state index in [0.29, 0.717) is 0 Å². The van der Waals surface area contributed by atoms with Gasteiger partial charge in [-0.05, 0) is 37.1 Å². The van der Waals surface area contributed by atoms with Gasteiger partial charge in [0.1, 0.15) is 11.4 Å². The van der Waals surface area contributed by atoms with Crippen molar-refractivity contribution in [1.29, 1.82) is 0 Å². The molecule has 1 aromatic carbocycles. The minimum atomic E-state index is 0.717. The lowest BCUT2D eigenvalue weighted by Crippen LogP contribution is -1.96. The molecule has 2 aromatic heterocycles. The van der Waals surface area contributed by atoms with E-state index in [1.165, 1.54) is 0 Å². The molecule has 0 aliphatic heterocycles. The summed E-state index contributed by atoms with van der Waals surface area (Å²) >= 11 is 6.36. The van der Waals surface area contributed by atoms with Crippen molar-refractivity contribution in [1.82, 2.24) is 9.97 Å². The number of ether oxygens (including phenoxy) is 1. The molecule has 0 saturated carbocycles. The number of benzene rings is 1. The van der Waals surface area contributed by atoms with Gasteiger partial charge in [-0.15, -0.1) is 0 Å². The topological polar surface area (TPSA) is 37.9 Å². The molecule has 0 amide bonds. The van der Waals surface area contributed by atoms with Gasteiger partial charge in [0.05, 0.1) is 17.1 Å². The first-order valence-electron chi connectivity index (χ1n) is 6.90. The van der Waals surface area contributed by atoms with Crippen LogP contribution >= 0.6 is 11.6 Å². The fraction of sp³-hybridized carbons (Fsp3) is 0.312. The SMILES string of the molecule is CCCCOc1ccc(Cl)c2c1[nH]c1ncc(C)cc12. The van der Waals surface area contributed by atoms with Crippen LogP contribution in [0.3, 0.4) is 0 Å². The third kappa shape index (κ3) is 2.22. The fourth-order valence-corrected chi connectivity index (χ4v) is 2.63. The molecule has 20 heavy (non-hydrogen) atoms. The summed E-state index contributed by atoms with van der Waals surface area (Å²) in [5.41, 5.74) is 2.90. The first-order valence-corrected chi connectivity index (χ1v) is 7.28. The fourth-order valence-electron chi connectivity index (χ4n) is 2.37. The smallest absolute Gasteiger partial charge is 0.143 e. The first kappa shape index (κ1) is 13.3. The van der Waals surface area contributed by atoms with Gasteiger partial charge < -0.3 is 9.72 Å². The van der Waals surface area contributed by atoms with E-state index in [1.807, 2.05) is 25.3 Å². The van der Waals surface area contributed by atoms with Crippen LogP contribution in [0.25, 0.3) is 21.9 Å². The zero-order valence-electron chi connectivity index (χ0n) is 11.7. The molecule has 0 aliphatic rings. The van der Waals surface area contributed by atoms with Crippen molar-refractivity contribution < 1.29 is 4.74 Å². The molecule has 0 unspecified atom stereocenters. The van der Waals surface area contributed by atoms with Crippen molar-refractivity contribution >= 4 is 33.5 Å². The minimum absolute atomic E-state index is 0.717. The Bertz CT molecular complexity index is 764. The summed E-state index contributed by atoms with van der Waals surface area (Å²) < 4.78 is 5.86. The van der Waals surface area contributed by atoms with Gasteiger partial charge in [-0.1, -0.05) is 24.9 Å². The normalized spacial score (nSPS) is 11.3. The number of unbranched alkanes of at least 4 members (excludes halogenated alkanes) is 1. The maximum atomic E-state index is 6.36. The molecule has 0 radical (unpaired) electrons. The molecule has 3 nitrogen and oxygen atoms in total. The van der Waals surface area contributed by atoms with Gasteiger partial charge in [-0.3, -0.25) is 0 Å². The molecule has 104 valence electrons.